The third kappa shape index (κ3) is 3.69. The van der Waals surface area contributed by atoms with Crippen molar-refractivity contribution in [1.29, 1.82) is 5.26 Å². The molecule has 2 rings (SSSR count). The molecule has 0 aliphatic heterocycles. The van der Waals surface area contributed by atoms with Crippen molar-refractivity contribution in [3.63, 3.8) is 0 Å². The standard InChI is InChI=1S/C15H14N2O3/c16-9-12-3-1-2-11(8-12)4-7-14(18)17(10-15(19)20)13-5-6-13/h1-4,7-8,13H,5-6,10H2,(H,19,20). The maximum absolute atomic E-state index is 12.0. The van der Waals surface area contributed by atoms with Gasteiger partial charge in [-0.15, -0.1) is 0 Å². The Balaban J connectivity index is 2.06. The summed E-state index contributed by atoms with van der Waals surface area (Å²) in [6.07, 6.45) is 4.67. The zero-order valence-corrected chi connectivity index (χ0v) is 10.8. The number of nitriles is 1. The highest BCUT2D eigenvalue weighted by Gasteiger charge is 2.32. The van der Waals surface area contributed by atoms with Crippen LogP contribution in [0.2, 0.25) is 0 Å². The summed E-state index contributed by atoms with van der Waals surface area (Å²) < 4.78 is 0. The topological polar surface area (TPSA) is 81.4 Å². The Kier molecular flexibility index (Phi) is 4.16. The largest absolute Gasteiger partial charge is 0.480 e. The summed E-state index contributed by atoms with van der Waals surface area (Å²) in [5.74, 6) is -1.32. The van der Waals surface area contributed by atoms with Crippen molar-refractivity contribution < 1.29 is 14.7 Å². The first-order valence-corrected chi connectivity index (χ1v) is 6.31. The Morgan fingerprint density at radius 2 is 2.20 bits per heavy atom. The van der Waals surface area contributed by atoms with Crippen molar-refractivity contribution in [3.05, 3.63) is 41.5 Å². The molecule has 0 unspecified atom stereocenters. The van der Waals surface area contributed by atoms with E-state index in [0.717, 1.165) is 18.4 Å². The van der Waals surface area contributed by atoms with Gasteiger partial charge in [0.1, 0.15) is 6.54 Å². The van der Waals surface area contributed by atoms with Crippen molar-refractivity contribution >= 4 is 18.0 Å². The summed E-state index contributed by atoms with van der Waals surface area (Å²) in [4.78, 5) is 24.1. The Hall–Kier alpha value is -2.61. The van der Waals surface area contributed by atoms with Crippen LogP contribution in [0.1, 0.15) is 24.0 Å². The minimum Gasteiger partial charge on any atom is -0.480 e. The van der Waals surface area contributed by atoms with Crippen LogP contribution in [0, 0.1) is 11.3 Å². The van der Waals surface area contributed by atoms with Crippen LogP contribution in [-0.2, 0) is 9.59 Å². The Morgan fingerprint density at radius 3 is 2.80 bits per heavy atom. The SMILES string of the molecule is N#Cc1cccc(C=CC(=O)N(CC(=O)O)C2CC2)c1. The van der Waals surface area contributed by atoms with Crippen LogP contribution in [0.25, 0.3) is 6.08 Å². The molecule has 1 aliphatic rings. The lowest BCUT2D eigenvalue weighted by molar-refractivity contribution is -0.143. The lowest BCUT2D eigenvalue weighted by atomic mass is 10.1. The van der Waals surface area contributed by atoms with Crippen LogP contribution in [0.5, 0.6) is 0 Å². The predicted molar refractivity (Wildman–Crippen MR) is 72.6 cm³/mol. The number of carbonyl (C=O) groups is 2. The fourth-order valence-electron chi connectivity index (χ4n) is 1.89. The van der Waals surface area contributed by atoms with Crippen LogP contribution in [-0.4, -0.2) is 34.5 Å². The number of carbonyl (C=O) groups excluding carboxylic acids is 1. The van der Waals surface area contributed by atoms with Gasteiger partial charge in [-0.1, -0.05) is 12.1 Å². The van der Waals surface area contributed by atoms with Crippen LogP contribution in [0.15, 0.2) is 30.3 Å². The molecule has 0 bridgehead atoms. The van der Waals surface area contributed by atoms with E-state index < -0.39 is 5.97 Å². The van der Waals surface area contributed by atoms with Gasteiger partial charge < -0.3 is 10.0 Å². The normalized spacial score (nSPS) is 13.9. The van der Waals surface area contributed by atoms with E-state index in [2.05, 4.69) is 0 Å². The maximum atomic E-state index is 12.0. The number of amides is 1. The van der Waals surface area contributed by atoms with E-state index in [1.807, 2.05) is 6.07 Å². The van der Waals surface area contributed by atoms with E-state index in [0.29, 0.717) is 5.56 Å². The quantitative estimate of drug-likeness (QED) is 0.825. The molecule has 0 spiro atoms. The van der Waals surface area contributed by atoms with Crippen molar-refractivity contribution in [3.8, 4) is 6.07 Å². The van der Waals surface area contributed by atoms with E-state index in [4.69, 9.17) is 10.4 Å². The number of benzene rings is 1. The van der Waals surface area contributed by atoms with Gasteiger partial charge in [0, 0.05) is 12.1 Å². The van der Waals surface area contributed by atoms with Gasteiger partial charge in [-0.2, -0.15) is 5.26 Å². The van der Waals surface area contributed by atoms with Crippen molar-refractivity contribution in [2.75, 3.05) is 6.54 Å². The molecule has 5 heteroatoms. The molecule has 1 aliphatic carbocycles. The Morgan fingerprint density at radius 1 is 1.45 bits per heavy atom. The monoisotopic (exact) mass is 270 g/mol. The fraction of sp³-hybridized carbons (Fsp3) is 0.267. The van der Waals surface area contributed by atoms with Gasteiger partial charge >= 0.3 is 5.97 Å². The van der Waals surface area contributed by atoms with Crippen LogP contribution in [0.3, 0.4) is 0 Å². The van der Waals surface area contributed by atoms with Crippen molar-refractivity contribution in [2.24, 2.45) is 0 Å². The molecule has 0 heterocycles. The molecule has 0 radical (unpaired) electrons. The number of rotatable bonds is 5. The first-order chi connectivity index (χ1) is 9.60. The van der Waals surface area contributed by atoms with E-state index in [-0.39, 0.29) is 18.5 Å². The number of aliphatic carboxylic acids is 1. The van der Waals surface area contributed by atoms with Gasteiger partial charge in [0.2, 0.25) is 5.91 Å². The van der Waals surface area contributed by atoms with Crippen molar-refractivity contribution in [1.82, 2.24) is 4.90 Å². The molecular weight excluding hydrogens is 256 g/mol. The Bertz CT molecular complexity index is 597. The summed E-state index contributed by atoms with van der Waals surface area (Å²) in [5, 5.41) is 17.6. The minimum atomic E-state index is -1.01. The third-order valence-corrected chi connectivity index (χ3v) is 3.01. The second kappa shape index (κ2) is 6.02. The molecule has 0 atom stereocenters. The highest BCUT2D eigenvalue weighted by atomic mass is 16.4. The number of carboxylic acid groups (broad SMARTS) is 1. The molecule has 1 aromatic carbocycles. The lowest BCUT2D eigenvalue weighted by Gasteiger charge is -2.17. The summed E-state index contributed by atoms with van der Waals surface area (Å²) in [6.45, 7) is -0.272. The molecule has 1 aromatic rings. The highest BCUT2D eigenvalue weighted by molar-refractivity contribution is 5.94. The fourth-order valence-corrected chi connectivity index (χ4v) is 1.89. The second-order valence-electron chi connectivity index (χ2n) is 4.66. The molecule has 1 saturated carbocycles. The zero-order chi connectivity index (χ0) is 14.5. The van der Waals surface area contributed by atoms with E-state index >= 15 is 0 Å². The summed E-state index contributed by atoms with van der Waals surface area (Å²) >= 11 is 0. The highest BCUT2D eigenvalue weighted by Crippen LogP contribution is 2.26. The van der Waals surface area contributed by atoms with E-state index in [1.54, 1.807) is 30.3 Å². The van der Waals surface area contributed by atoms with Gasteiger partial charge in [-0.05, 0) is 36.6 Å². The zero-order valence-electron chi connectivity index (χ0n) is 10.8. The molecular formula is C15H14N2O3. The average molecular weight is 270 g/mol. The van der Waals surface area contributed by atoms with Gasteiger partial charge in [-0.3, -0.25) is 9.59 Å². The summed E-state index contributed by atoms with van der Waals surface area (Å²) in [5.41, 5.74) is 1.26. The smallest absolute Gasteiger partial charge is 0.323 e. The Labute approximate surface area is 116 Å². The number of hydrogen-bond acceptors (Lipinski definition) is 3. The number of hydrogen-bond donors (Lipinski definition) is 1. The van der Waals surface area contributed by atoms with Gasteiger partial charge in [0.25, 0.3) is 0 Å². The molecule has 0 aromatic heterocycles. The molecule has 0 saturated heterocycles. The second-order valence-corrected chi connectivity index (χ2v) is 4.66. The van der Waals surface area contributed by atoms with Gasteiger partial charge in [-0.25, -0.2) is 0 Å². The van der Waals surface area contributed by atoms with E-state index in [9.17, 15) is 9.59 Å². The van der Waals surface area contributed by atoms with Crippen LogP contribution >= 0.6 is 0 Å². The first-order valence-electron chi connectivity index (χ1n) is 6.31. The summed E-state index contributed by atoms with van der Waals surface area (Å²) in [6, 6.07) is 8.94. The van der Waals surface area contributed by atoms with Crippen LogP contribution in [0.4, 0.5) is 0 Å². The molecule has 20 heavy (non-hydrogen) atoms. The number of nitrogens with zero attached hydrogens (tertiary/aromatic N) is 2. The van der Waals surface area contributed by atoms with Gasteiger partial charge in [0.05, 0.1) is 11.6 Å². The lowest BCUT2D eigenvalue weighted by Crippen LogP contribution is -2.36. The van der Waals surface area contributed by atoms with E-state index in [1.165, 1.54) is 11.0 Å². The van der Waals surface area contributed by atoms with Crippen molar-refractivity contribution in [2.45, 2.75) is 18.9 Å². The molecule has 1 N–H and O–H groups in total. The first kappa shape index (κ1) is 13.8. The molecule has 102 valence electrons. The van der Waals surface area contributed by atoms with Gasteiger partial charge in [0.15, 0.2) is 0 Å². The molecule has 5 nitrogen and oxygen atoms in total. The predicted octanol–water partition coefficient (Wildman–Crippen LogP) is 1.65. The average Bonchev–Trinajstić information content (AvgIpc) is 3.26. The van der Waals surface area contributed by atoms with Crippen LogP contribution < -0.4 is 0 Å². The minimum absolute atomic E-state index is 0.0497. The summed E-state index contributed by atoms with van der Waals surface area (Å²) in [7, 11) is 0. The maximum Gasteiger partial charge on any atom is 0.323 e. The number of carboxylic acids is 1. The molecule has 1 amide bonds. The molecule has 1 fully saturated rings. The third-order valence-electron chi connectivity index (χ3n) is 3.01.